The molecule has 0 fully saturated rings. The van der Waals surface area contributed by atoms with Crippen molar-refractivity contribution in [3.05, 3.63) is 69.8 Å². The van der Waals surface area contributed by atoms with Crippen LogP contribution in [-0.4, -0.2) is 38.3 Å². The van der Waals surface area contributed by atoms with E-state index in [0.29, 0.717) is 12.1 Å². The Hall–Kier alpha value is -2.93. The molecule has 7 heteroatoms. The lowest BCUT2D eigenvalue weighted by molar-refractivity contribution is 0.0914. The monoisotopic (exact) mass is 326 g/mol. The fourth-order valence-electron chi connectivity index (χ4n) is 2.56. The van der Waals surface area contributed by atoms with Crippen molar-refractivity contribution in [2.45, 2.75) is 19.4 Å². The van der Waals surface area contributed by atoms with E-state index in [-0.39, 0.29) is 12.2 Å². The van der Waals surface area contributed by atoms with Crippen LogP contribution in [-0.2, 0) is 6.42 Å². The minimum absolute atomic E-state index is 0.0686. The zero-order chi connectivity index (χ0) is 17.1. The zero-order valence-electron chi connectivity index (χ0n) is 13.2. The minimum atomic E-state index is -0.552. The highest BCUT2D eigenvalue weighted by molar-refractivity contribution is 5.93. The summed E-state index contributed by atoms with van der Waals surface area (Å²) in [7, 11) is 0. The lowest BCUT2D eigenvalue weighted by atomic mass is 10.1. The fourth-order valence-corrected chi connectivity index (χ4v) is 2.56. The lowest BCUT2D eigenvalue weighted by Gasteiger charge is -2.16. The van der Waals surface area contributed by atoms with Crippen LogP contribution < -0.4 is 10.9 Å². The van der Waals surface area contributed by atoms with Gasteiger partial charge in [-0.15, -0.1) is 0 Å². The molecule has 0 aliphatic carbocycles. The Bertz CT molecular complexity index is 914. The molecule has 0 aliphatic rings. The number of aliphatic hydroxyl groups excluding tert-OH is 1. The van der Waals surface area contributed by atoms with Gasteiger partial charge in [-0.2, -0.15) is 0 Å². The third kappa shape index (κ3) is 3.21. The van der Waals surface area contributed by atoms with Gasteiger partial charge < -0.3 is 10.4 Å². The first-order valence-corrected chi connectivity index (χ1v) is 7.61. The van der Waals surface area contributed by atoms with Gasteiger partial charge in [0.25, 0.3) is 11.5 Å². The molecular formula is C17H18N4O3. The molecule has 3 rings (SSSR count). The summed E-state index contributed by atoms with van der Waals surface area (Å²) in [6.45, 7) is 1.58. The van der Waals surface area contributed by atoms with Gasteiger partial charge in [0.05, 0.1) is 12.6 Å². The number of hydrogen-bond donors (Lipinski definition) is 3. The first-order valence-electron chi connectivity index (χ1n) is 7.61. The van der Waals surface area contributed by atoms with Crippen LogP contribution >= 0.6 is 0 Å². The Morgan fingerprint density at radius 3 is 2.83 bits per heavy atom. The number of nitrogens with zero attached hydrogens (tertiary/aromatic N) is 2. The number of fused-ring (bicyclic) bond motifs is 1. The van der Waals surface area contributed by atoms with E-state index in [1.165, 1.54) is 10.7 Å². The number of benzene rings is 1. The van der Waals surface area contributed by atoms with Crippen LogP contribution in [0.15, 0.2) is 47.4 Å². The Balaban J connectivity index is 1.80. The van der Waals surface area contributed by atoms with E-state index < -0.39 is 17.5 Å². The number of H-pyrrole nitrogens is 1. The first-order chi connectivity index (χ1) is 11.6. The number of aliphatic hydroxyl groups is 1. The zero-order valence-corrected chi connectivity index (χ0v) is 13.2. The molecule has 124 valence electrons. The number of carbonyl (C=O) groups is 1. The number of nitrogens with one attached hydrogen (secondary N) is 2. The van der Waals surface area contributed by atoms with E-state index in [2.05, 4.69) is 15.4 Å². The SMILES string of the molecule is Cc1cc2ncc(C(=O)N[C@H](CO)Cc3ccccc3)c(=O)n2[nH]1. The second-order valence-corrected chi connectivity index (χ2v) is 5.65. The second kappa shape index (κ2) is 6.67. The highest BCUT2D eigenvalue weighted by atomic mass is 16.3. The van der Waals surface area contributed by atoms with Crippen molar-refractivity contribution in [3.8, 4) is 0 Å². The summed E-state index contributed by atoms with van der Waals surface area (Å²) in [6, 6.07) is 10.8. The molecular weight excluding hydrogens is 308 g/mol. The van der Waals surface area contributed by atoms with Gasteiger partial charge in [-0.25, -0.2) is 9.50 Å². The Labute approximate surface area is 138 Å². The predicted octanol–water partition coefficient (Wildman–Crippen LogP) is 0.664. The van der Waals surface area contributed by atoms with Gasteiger partial charge in [0, 0.05) is 18.0 Å². The summed E-state index contributed by atoms with van der Waals surface area (Å²) in [5.41, 5.74) is 1.68. The Morgan fingerprint density at radius 2 is 2.12 bits per heavy atom. The number of aromatic amines is 1. The van der Waals surface area contributed by atoms with Gasteiger partial charge >= 0.3 is 0 Å². The largest absolute Gasteiger partial charge is 0.394 e. The summed E-state index contributed by atoms with van der Waals surface area (Å²) in [5, 5.41) is 15.0. The van der Waals surface area contributed by atoms with Crippen molar-refractivity contribution in [2.24, 2.45) is 0 Å². The number of amides is 1. The van der Waals surface area contributed by atoms with Gasteiger partial charge in [0.2, 0.25) is 0 Å². The van der Waals surface area contributed by atoms with Crippen LogP contribution in [0.5, 0.6) is 0 Å². The summed E-state index contributed by atoms with van der Waals surface area (Å²) in [4.78, 5) is 28.9. The molecule has 3 aromatic rings. The van der Waals surface area contributed by atoms with Crippen LogP contribution in [0.3, 0.4) is 0 Å². The predicted molar refractivity (Wildman–Crippen MR) is 89.0 cm³/mol. The summed E-state index contributed by atoms with van der Waals surface area (Å²) < 4.78 is 1.23. The highest BCUT2D eigenvalue weighted by Crippen LogP contribution is 2.04. The van der Waals surface area contributed by atoms with Crippen molar-refractivity contribution in [1.82, 2.24) is 19.9 Å². The van der Waals surface area contributed by atoms with Gasteiger partial charge in [-0.1, -0.05) is 30.3 Å². The summed E-state index contributed by atoms with van der Waals surface area (Å²) in [6.07, 6.45) is 1.74. The van der Waals surface area contributed by atoms with E-state index >= 15 is 0 Å². The molecule has 2 aromatic heterocycles. The molecule has 1 aromatic carbocycles. The van der Waals surface area contributed by atoms with Gasteiger partial charge in [0.1, 0.15) is 5.56 Å². The molecule has 0 spiro atoms. The number of carbonyl (C=O) groups excluding carboxylic acids is 1. The molecule has 24 heavy (non-hydrogen) atoms. The number of hydrogen-bond acceptors (Lipinski definition) is 4. The molecule has 3 N–H and O–H groups in total. The van der Waals surface area contributed by atoms with E-state index in [0.717, 1.165) is 11.3 Å². The van der Waals surface area contributed by atoms with E-state index in [9.17, 15) is 14.7 Å². The van der Waals surface area contributed by atoms with Crippen molar-refractivity contribution < 1.29 is 9.90 Å². The van der Waals surface area contributed by atoms with Crippen LogP contribution in [0, 0.1) is 6.92 Å². The quantitative estimate of drug-likeness (QED) is 0.641. The van der Waals surface area contributed by atoms with E-state index in [4.69, 9.17) is 0 Å². The van der Waals surface area contributed by atoms with E-state index in [1.807, 2.05) is 30.3 Å². The average Bonchev–Trinajstić information content (AvgIpc) is 2.97. The maximum absolute atomic E-state index is 12.4. The smallest absolute Gasteiger partial charge is 0.285 e. The summed E-state index contributed by atoms with van der Waals surface area (Å²) in [5.74, 6) is -0.552. The van der Waals surface area contributed by atoms with Crippen molar-refractivity contribution >= 4 is 11.6 Å². The lowest BCUT2D eigenvalue weighted by Crippen LogP contribution is -2.41. The average molecular weight is 326 g/mol. The molecule has 0 saturated heterocycles. The van der Waals surface area contributed by atoms with Crippen molar-refractivity contribution in [1.29, 1.82) is 0 Å². The van der Waals surface area contributed by atoms with Crippen LogP contribution in [0.2, 0.25) is 0 Å². The number of aromatic nitrogens is 3. The minimum Gasteiger partial charge on any atom is -0.394 e. The van der Waals surface area contributed by atoms with Crippen LogP contribution in [0.4, 0.5) is 0 Å². The van der Waals surface area contributed by atoms with E-state index in [1.54, 1.807) is 13.0 Å². The Kier molecular flexibility index (Phi) is 4.43. The molecule has 0 aliphatic heterocycles. The van der Waals surface area contributed by atoms with Gasteiger partial charge in [0.15, 0.2) is 5.65 Å². The maximum Gasteiger partial charge on any atom is 0.285 e. The molecule has 7 nitrogen and oxygen atoms in total. The maximum atomic E-state index is 12.4. The number of aryl methyl sites for hydroxylation is 1. The molecule has 0 bridgehead atoms. The standard InChI is InChI=1S/C17H18N4O3/c1-11-7-15-18-9-14(17(24)21(15)20-11)16(23)19-13(10-22)8-12-5-3-2-4-6-12/h2-7,9,13,20,22H,8,10H2,1H3,(H,19,23)/t13-/m0/s1. The van der Waals surface area contributed by atoms with Gasteiger partial charge in [-0.05, 0) is 18.9 Å². The van der Waals surface area contributed by atoms with Crippen molar-refractivity contribution in [3.63, 3.8) is 0 Å². The molecule has 0 radical (unpaired) electrons. The first kappa shape index (κ1) is 15.9. The van der Waals surface area contributed by atoms with Gasteiger partial charge in [-0.3, -0.25) is 14.7 Å². The molecule has 1 atom stereocenters. The Morgan fingerprint density at radius 1 is 1.38 bits per heavy atom. The highest BCUT2D eigenvalue weighted by Gasteiger charge is 2.18. The van der Waals surface area contributed by atoms with Crippen LogP contribution in [0.1, 0.15) is 21.6 Å². The molecule has 1 amide bonds. The topological polar surface area (TPSA) is 99.5 Å². The van der Waals surface area contributed by atoms with Crippen molar-refractivity contribution in [2.75, 3.05) is 6.61 Å². The number of rotatable bonds is 5. The molecule has 2 heterocycles. The third-order valence-corrected chi connectivity index (χ3v) is 3.75. The summed E-state index contributed by atoms with van der Waals surface area (Å²) >= 11 is 0. The molecule has 0 unspecified atom stereocenters. The second-order valence-electron chi connectivity index (χ2n) is 5.65. The van der Waals surface area contributed by atoms with Crippen LogP contribution in [0.25, 0.3) is 5.65 Å². The molecule has 0 saturated carbocycles. The third-order valence-electron chi connectivity index (χ3n) is 3.75. The normalized spacial score (nSPS) is 12.2. The fraction of sp³-hybridized carbons (Fsp3) is 0.235.